The van der Waals surface area contributed by atoms with Gasteiger partial charge >= 0.3 is 0 Å². The molecule has 2 N–H and O–H groups in total. The number of thioether (sulfide) groups is 1. The van der Waals surface area contributed by atoms with E-state index in [0.29, 0.717) is 36.8 Å². The first kappa shape index (κ1) is 38.3. The van der Waals surface area contributed by atoms with Gasteiger partial charge in [0.25, 0.3) is 0 Å². The highest BCUT2D eigenvalue weighted by Crippen LogP contribution is 2.38. The number of hydrogen-bond donors (Lipinski definition) is 2. The van der Waals surface area contributed by atoms with Crippen LogP contribution in [0, 0.1) is 5.92 Å². The number of Topliss-reactive ketones (excluding diaryl/α,β-unsaturated/α-hetero) is 1. The Morgan fingerprint density at radius 3 is 2.34 bits per heavy atom. The average molecular weight is 699 g/mol. The molecule has 10 nitrogen and oxygen atoms in total. The number of hydrogen-bond acceptors (Lipinski definition) is 7. The highest BCUT2D eigenvalue weighted by atomic mass is 32.2. The Morgan fingerprint density at radius 2 is 1.70 bits per heavy atom. The van der Waals surface area contributed by atoms with Crippen molar-refractivity contribution in [1.29, 1.82) is 0 Å². The average Bonchev–Trinajstić information content (AvgIpc) is 3.51. The molecule has 0 fully saturated rings. The second-order valence-electron chi connectivity index (χ2n) is 13.1. The first-order valence-electron chi connectivity index (χ1n) is 17.4. The van der Waals surface area contributed by atoms with Gasteiger partial charge in [0.15, 0.2) is 5.78 Å². The molecule has 1 aliphatic rings. The first-order chi connectivity index (χ1) is 24.0. The molecule has 1 atom stereocenters. The summed E-state index contributed by atoms with van der Waals surface area (Å²) < 4.78 is 1.64. The summed E-state index contributed by atoms with van der Waals surface area (Å²) >= 11 is 1.37. The Hall–Kier alpha value is -4.51. The first-order valence-corrected chi connectivity index (χ1v) is 18.6. The molecule has 2 aromatic carbocycles. The van der Waals surface area contributed by atoms with E-state index in [1.165, 1.54) is 17.3 Å². The zero-order valence-corrected chi connectivity index (χ0v) is 31.1. The van der Waals surface area contributed by atoms with Gasteiger partial charge < -0.3 is 15.5 Å². The molecule has 1 aromatic heterocycles. The van der Waals surface area contributed by atoms with Crippen molar-refractivity contribution in [2.75, 3.05) is 12.8 Å². The molecule has 1 aliphatic heterocycles. The molecular formula is C39H50N6O4S. The van der Waals surface area contributed by atoms with Crippen LogP contribution in [0.3, 0.4) is 0 Å². The fourth-order valence-electron chi connectivity index (χ4n) is 5.86. The van der Waals surface area contributed by atoms with E-state index < -0.39 is 5.25 Å². The predicted molar refractivity (Wildman–Crippen MR) is 200 cm³/mol. The number of aromatic nitrogens is 3. The van der Waals surface area contributed by atoms with Crippen molar-refractivity contribution in [3.05, 3.63) is 88.8 Å². The summed E-state index contributed by atoms with van der Waals surface area (Å²) in [5.41, 5.74) is 6.87. The third-order valence-electron chi connectivity index (χ3n) is 8.89. The summed E-state index contributed by atoms with van der Waals surface area (Å²) in [6.45, 7) is 12.8. The van der Waals surface area contributed by atoms with E-state index >= 15 is 0 Å². The third kappa shape index (κ3) is 9.38. The number of nitrogens with zero attached hydrogens (tertiary/aromatic N) is 4. The van der Waals surface area contributed by atoms with Gasteiger partial charge in [-0.05, 0) is 42.2 Å². The molecule has 1 unspecified atom stereocenters. The number of ketones is 1. The summed E-state index contributed by atoms with van der Waals surface area (Å²) in [5.74, 6) is -0.353. The minimum atomic E-state index is -0.469. The molecule has 0 saturated heterocycles. The Bertz CT molecular complexity index is 1740. The SMILES string of the molecule is C/C=C\C1=C(/CC)N(C(=O)CCC(=O)NCC(SC)C(=O)NCc2ccc(C(C)C)cc2)Cc2ccccc2-c2nnn(CC(=O)C(C)C)c21. The van der Waals surface area contributed by atoms with E-state index in [1.54, 1.807) is 9.58 Å². The lowest BCUT2D eigenvalue weighted by atomic mass is 9.94. The van der Waals surface area contributed by atoms with E-state index in [0.717, 1.165) is 28.0 Å². The molecule has 0 saturated carbocycles. The van der Waals surface area contributed by atoms with Crippen LogP contribution in [-0.2, 0) is 38.8 Å². The van der Waals surface area contributed by atoms with Crippen LogP contribution in [0.1, 0.15) is 89.1 Å². The maximum atomic E-state index is 14.0. The zero-order valence-electron chi connectivity index (χ0n) is 30.3. The standard InChI is InChI=1S/C39H50N6O4S/c1-8-12-31-32(9-2)44(23-29-13-10-11-14-30(29)37-38(31)45(43-42-37)24-33(46)26(5)6)36(48)20-19-35(47)40-22-34(50-7)39(49)41-21-27-15-17-28(18-16-27)25(3)4/h8,10-18,25-26,34H,9,19-24H2,1-7H3,(H,40,47)(H,41,49)/b12-8-,32-31-. The van der Waals surface area contributed by atoms with Crippen molar-refractivity contribution in [3.63, 3.8) is 0 Å². The highest BCUT2D eigenvalue weighted by Gasteiger charge is 2.30. The van der Waals surface area contributed by atoms with Crippen LogP contribution in [-0.4, -0.2) is 61.4 Å². The molecule has 0 aliphatic carbocycles. The quantitative estimate of drug-likeness (QED) is 0.191. The number of amides is 3. The van der Waals surface area contributed by atoms with Gasteiger partial charge in [0, 0.05) is 48.7 Å². The van der Waals surface area contributed by atoms with Gasteiger partial charge in [-0.2, -0.15) is 11.8 Å². The summed E-state index contributed by atoms with van der Waals surface area (Å²) in [5, 5.41) is 14.3. The van der Waals surface area contributed by atoms with Gasteiger partial charge in [-0.1, -0.05) is 101 Å². The van der Waals surface area contributed by atoms with Crippen LogP contribution < -0.4 is 10.6 Å². The van der Waals surface area contributed by atoms with Gasteiger partial charge in [0.05, 0.1) is 12.2 Å². The van der Waals surface area contributed by atoms with Crippen LogP contribution in [0.2, 0.25) is 0 Å². The summed E-state index contributed by atoms with van der Waals surface area (Å²) in [6, 6.07) is 16.0. The van der Waals surface area contributed by atoms with Gasteiger partial charge in [-0.25, -0.2) is 4.68 Å². The Labute approximate surface area is 300 Å². The lowest BCUT2D eigenvalue weighted by molar-refractivity contribution is -0.132. The maximum Gasteiger partial charge on any atom is 0.235 e. The topological polar surface area (TPSA) is 126 Å². The van der Waals surface area contributed by atoms with Gasteiger partial charge in [0.2, 0.25) is 17.7 Å². The number of allylic oxidation sites excluding steroid dienone is 4. The smallest absolute Gasteiger partial charge is 0.235 e. The Morgan fingerprint density at radius 1 is 0.980 bits per heavy atom. The van der Waals surface area contributed by atoms with Crippen molar-refractivity contribution in [1.82, 2.24) is 30.5 Å². The molecule has 11 heteroatoms. The van der Waals surface area contributed by atoms with Crippen LogP contribution >= 0.6 is 11.8 Å². The zero-order chi connectivity index (χ0) is 36.4. The van der Waals surface area contributed by atoms with Gasteiger partial charge in [-0.3, -0.25) is 19.2 Å². The molecule has 50 heavy (non-hydrogen) atoms. The van der Waals surface area contributed by atoms with Crippen LogP contribution in [0.5, 0.6) is 0 Å². The maximum absolute atomic E-state index is 14.0. The van der Waals surface area contributed by atoms with E-state index in [2.05, 4.69) is 46.9 Å². The molecule has 2 heterocycles. The normalized spacial score (nSPS) is 15.0. The predicted octanol–water partition coefficient (Wildman–Crippen LogP) is 6.28. The second-order valence-corrected chi connectivity index (χ2v) is 14.1. The van der Waals surface area contributed by atoms with E-state index in [4.69, 9.17) is 0 Å². The largest absolute Gasteiger partial charge is 0.354 e. The molecule has 0 bridgehead atoms. The molecular weight excluding hydrogens is 649 g/mol. The lowest BCUT2D eigenvalue weighted by Gasteiger charge is -2.30. The number of carbonyl (C=O) groups is 4. The number of benzene rings is 2. The van der Waals surface area contributed by atoms with Gasteiger partial charge in [-0.15, -0.1) is 5.10 Å². The molecule has 4 rings (SSSR count). The van der Waals surface area contributed by atoms with Crippen LogP contribution in [0.25, 0.3) is 16.8 Å². The lowest BCUT2D eigenvalue weighted by Crippen LogP contribution is -2.41. The van der Waals surface area contributed by atoms with E-state index in [9.17, 15) is 19.2 Å². The number of carbonyl (C=O) groups excluding carboxylic acids is 4. The van der Waals surface area contributed by atoms with Crippen molar-refractivity contribution in [2.45, 2.75) is 91.6 Å². The van der Waals surface area contributed by atoms with Crippen molar-refractivity contribution in [2.24, 2.45) is 5.92 Å². The Kier molecular flexibility index (Phi) is 13.7. The summed E-state index contributed by atoms with van der Waals surface area (Å²) in [7, 11) is 0. The van der Waals surface area contributed by atoms with E-state index in [1.807, 2.05) is 82.5 Å². The fourth-order valence-corrected chi connectivity index (χ4v) is 6.41. The minimum Gasteiger partial charge on any atom is -0.354 e. The van der Waals surface area contributed by atoms with Crippen LogP contribution in [0.4, 0.5) is 0 Å². The third-order valence-corrected chi connectivity index (χ3v) is 9.84. The van der Waals surface area contributed by atoms with Gasteiger partial charge in [0.1, 0.15) is 17.5 Å². The molecule has 266 valence electrons. The van der Waals surface area contributed by atoms with Crippen molar-refractivity contribution in [3.8, 4) is 11.3 Å². The molecule has 3 aromatic rings. The second kappa shape index (κ2) is 17.9. The summed E-state index contributed by atoms with van der Waals surface area (Å²) in [6.07, 6.45) is 6.16. The molecule has 3 amide bonds. The number of nitrogens with one attached hydrogen (secondary N) is 2. The molecule has 0 radical (unpaired) electrons. The van der Waals surface area contributed by atoms with Crippen molar-refractivity contribution >= 4 is 40.8 Å². The van der Waals surface area contributed by atoms with E-state index in [-0.39, 0.29) is 55.4 Å². The monoisotopic (exact) mass is 698 g/mol. The number of fused-ring (bicyclic) bond motifs is 3. The van der Waals surface area contributed by atoms with Crippen LogP contribution in [0.15, 0.2) is 66.4 Å². The summed E-state index contributed by atoms with van der Waals surface area (Å²) in [4.78, 5) is 54.5. The van der Waals surface area contributed by atoms with Crippen molar-refractivity contribution < 1.29 is 19.2 Å². The minimum absolute atomic E-state index is 0.0146. The fraction of sp³-hybridized carbons (Fsp3) is 0.436. The molecule has 0 spiro atoms. The highest BCUT2D eigenvalue weighted by molar-refractivity contribution is 7.99. The Balaban J connectivity index is 1.48. The number of rotatable bonds is 15.